The molecule has 0 aromatic heterocycles. The van der Waals surface area contributed by atoms with Gasteiger partial charge in [-0.1, -0.05) is 285 Å². The SMILES string of the molecule is CCCCCCCCCCCCC1(CCCCCCCCCCCC)OC(C)(C)Nc2cc3c(cc21)C(CCCCCCCCCCCC)(CCCCCCCCCCCC)OC(C)(CC(=O)OC)N3. The second-order valence-electron chi connectivity index (χ2n) is 23.6. The second kappa shape index (κ2) is 37.0. The Kier molecular flexibility index (Phi) is 33.1. The molecule has 1 aromatic carbocycles. The number of methoxy groups -OCH3 is 1. The fourth-order valence-electron chi connectivity index (χ4n) is 12.3. The van der Waals surface area contributed by atoms with Gasteiger partial charge in [-0.15, -0.1) is 0 Å². The molecule has 6 heteroatoms. The van der Waals surface area contributed by atoms with Gasteiger partial charge in [0.25, 0.3) is 0 Å². The first kappa shape index (κ1) is 62.5. The van der Waals surface area contributed by atoms with Crippen molar-refractivity contribution < 1.29 is 19.0 Å². The average molecular weight is 980 g/mol. The molecule has 1 unspecified atom stereocenters. The molecule has 0 saturated heterocycles. The Morgan fingerprint density at radius 2 is 0.671 bits per heavy atom. The summed E-state index contributed by atoms with van der Waals surface area (Å²) in [7, 11) is 1.51. The number of nitrogens with one attached hydrogen (secondary N) is 2. The monoisotopic (exact) mass is 979 g/mol. The van der Waals surface area contributed by atoms with Crippen LogP contribution in [-0.2, 0) is 30.2 Å². The topological polar surface area (TPSA) is 68.8 Å². The summed E-state index contributed by atoms with van der Waals surface area (Å²) in [5, 5.41) is 7.76. The van der Waals surface area contributed by atoms with Crippen LogP contribution in [0.3, 0.4) is 0 Å². The van der Waals surface area contributed by atoms with Crippen molar-refractivity contribution >= 4 is 17.3 Å². The second-order valence-corrected chi connectivity index (χ2v) is 23.6. The van der Waals surface area contributed by atoms with Crippen LogP contribution in [0.2, 0.25) is 0 Å². The molecule has 6 nitrogen and oxygen atoms in total. The number of esters is 1. The Balaban J connectivity index is 1.98. The van der Waals surface area contributed by atoms with E-state index in [0.29, 0.717) is 0 Å². The van der Waals surface area contributed by atoms with Crippen LogP contribution in [-0.4, -0.2) is 24.5 Å². The number of fused-ring (bicyclic) bond motifs is 2. The van der Waals surface area contributed by atoms with Gasteiger partial charge in [-0.2, -0.15) is 0 Å². The van der Waals surface area contributed by atoms with Crippen LogP contribution in [0.4, 0.5) is 11.4 Å². The smallest absolute Gasteiger partial charge is 0.310 e. The van der Waals surface area contributed by atoms with Gasteiger partial charge in [-0.3, -0.25) is 4.79 Å². The highest BCUT2D eigenvalue weighted by Crippen LogP contribution is 2.55. The minimum atomic E-state index is -0.880. The number of rotatable bonds is 46. The molecule has 0 spiro atoms. The van der Waals surface area contributed by atoms with Crippen molar-refractivity contribution in [1.29, 1.82) is 0 Å². The van der Waals surface area contributed by atoms with E-state index in [0.717, 1.165) is 44.2 Å². The molecule has 1 atom stereocenters. The summed E-state index contributed by atoms with van der Waals surface area (Å²) in [5.74, 6) is -0.233. The van der Waals surface area contributed by atoms with Gasteiger partial charge in [0.2, 0.25) is 0 Å². The maximum absolute atomic E-state index is 13.2. The highest BCUT2D eigenvalue weighted by molar-refractivity contribution is 5.74. The van der Waals surface area contributed by atoms with Gasteiger partial charge in [0.1, 0.15) is 11.4 Å². The third-order valence-electron chi connectivity index (χ3n) is 16.3. The Bertz CT molecular complexity index is 1410. The number of hydrogen-bond donors (Lipinski definition) is 2. The fraction of sp³-hybridized carbons (Fsp3) is 0.891. The highest BCUT2D eigenvalue weighted by Gasteiger charge is 2.50. The van der Waals surface area contributed by atoms with Gasteiger partial charge in [-0.05, 0) is 58.6 Å². The van der Waals surface area contributed by atoms with Crippen LogP contribution >= 0.6 is 0 Å². The zero-order chi connectivity index (χ0) is 50.7. The molecule has 3 rings (SSSR count). The fourth-order valence-corrected chi connectivity index (χ4v) is 12.3. The van der Waals surface area contributed by atoms with Crippen LogP contribution in [0.5, 0.6) is 0 Å². The van der Waals surface area contributed by atoms with Crippen LogP contribution in [0.15, 0.2) is 12.1 Å². The standard InChI is InChI=1S/C64H118N2O4/c1-9-13-17-21-25-29-33-37-41-45-49-63(50-46-42-38-34-30-26-22-18-14-10-2)56-53-57-59(54-58(56)65-61(5,6)69-63)66-62(7,55-60(67)68-8)70-64(57,51-47-43-39-35-31-27-23-19-15-11-3)52-48-44-40-36-32-28-24-20-16-12-4/h53-54,65-66H,9-52,55H2,1-8H3. The molecule has 2 aliphatic heterocycles. The van der Waals surface area contributed by atoms with E-state index in [9.17, 15) is 4.79 Å². The van der Waals surface area contributed by atoms with Crippen molar-refractivity contribution in [3.8, 4) is 0 Å². The van der Waals surface area contributed by atoms with E-state index in [1.807, 2.05) is 0 Å². The number of carbonyl (C=O) groups is 1. The predicted molar refractivity (Wildman–Crippen MR) is 304 cm³/mol. The summed E-state index contributed by atoms with van der Waals surface area (Å²) in [5.41, 5.74) is 2.67. The van der Waals surface area contributed by atoms with Crippen LogP contribution in [0.25, 0.3) is 0 Å². The van der Waals surface area contributed by atoms with Crippen LogP contribution in [0, 0.1) is 0 Å². The maximum Gasteiger partial charge on any atom is 0.310 e. The van der Waals surface area contributed by atoms with E-state index < -0.39 is 17.1 Å². The average Bonchev–Trinajstić information content (AvgIpc) is 3.33. The lowest BCUT2D eigenvalue weighted by Gasteiger charge is -2.52. The van der Waals surface area contributed by atoms with Gasteiger partial charge in [0, 0.05) is 22.5 Å². The normalized spacial score (nSPS) is 17.7. The van der Waals surface area contributed by atoms with E-state index in [4.69, 9.17) is 14.2 Å². The van der Waals surface area contributed by atoms with Crippen molar-refractivity contribution in [1.82, 2.24) is 0 Å². The first-order valence-electron chi connectivity index (χ1n) is 31.2. The minimum Gasteiger partial charge on any atom is -0.469 e. The number of ether oxygens (including phenoxy) is 3. The molecule has 2 aliphatic rings. The molecule has 2 heterocycles. The number of unbranched alkanes of at least 4 members (excludes halogenated alkanes) is 36. The number of anilines is 2. The number of benzene rings is 1. The van der Waals surface area contributed by atoms with E-state index in [1.54, 1.807) is 0 Å². The molecule has 408 valence electrons. The number of hydrogen-bond acceptors (Lipinski definition) is 6. The Morgan fingerprint density at radius 1 is 0.400 bits per heavy atom. The molecule has 0 amide bonds. The summed E-state index contributed by atoms with van der Waals surface area (Å²) in [6, 6.07) is 4.97. The van der Waals surface area contributed by atoms with E-state index >= 15 is 0 Å². The van der Waals surface area contributed by atoms with Gasteiger partial charge >= 0.3 is 5.97 Å². The molecule has 0 bridgehead atoms. The molecule has 70 heavy (non-hydrogen) atoms. The van der Waals surface area contributed by atoms with Crippen molar-refractivity contribution in [2.75, 3.05) is 17.7 Å². The lowest BCUT2D eigenvalue weighted by molar-refractivity contribution is -0.175. The zero-order valence-corrected chi connectivity index (χ0v) is 48.1. The van der Waals surface area contributed by atoms with Crippen molar-refractivity contribution in [3.63, 3.8) is 0 Å². The zero-order valence-electron chi connectivity index (χ0n) is 48.1. The van der Waals surface area contributed by atoms with Crippen molar-refractivity contribution in [2.45, 2.75) is 360 Å². The Labute approximate surface area is 435 Å². The summed E-state index contributed by atoms with van der Waals surface area (Å²) in [6.07, 6.45) is 57.2. The lowest BCUT2D eigenvalue weighted by atomic mass is 9.75. The van der Waals surface area contributed by atoms with Gasteiger partial charge in [0.15, 0.2) is 0 Å². The first-order chi connectivity index (χ1) is 34.0. The third-order valence-corrected chi connectivity index (χ3v) is 16.3. The molecular formula is C64H118N2O4. The number of carbonyl (C=O) groups excluding carboxylic acids is 1. The van der Waals surface area contributed by atoms with E-state index in [2.05, 4.69) is 71.2 Å². The largest absolute Gasteiger partial charge is 0.469 e. The molecule has 0 radical (unpaired) electrons. The molecule has 0 saturated carbocycles. The first-order valence-corrected chi connectivity index (χ1v) is 31.2. The molecule has 0 aliphatic carbocycles. The lowest BCUT2D eigenvalue weighted by Crippen LogP contribution is -2.53. The quantitative estimate of drug-likeness (QED) is 0.0501. The Morgan fingerprint density at radius 3 is 0.971 bits per heavy atom. The van der Waals surface area contributed by atoms with Gasteiger partial charge in [-0.25, -0.2) is 0 Å². The van der Waals surface area contributed by atoms with E-state index in [-0.39, 0.29) is 18.0 Å². The minimum absolute atomic E-state index is 0.168. The van der Waals surface area contributed by atoms with Gasteiger partial charge in [0.05, 0.1) is 24.7 Å². The predicted octanol–water partition coefficient (Wildman–Crippen LogP) is 21.2. The third kappa shape index (κ3) is 24.5. The summed E-state index contributed by atoms with van der Waals surface area (Å²) in [4.78, 5) is 13.2. The van der Waals surface area contributed by atoms with Crippen molar-refractivity contribution in [3.05, 3.63) is 23.3 Å². The molecule has 1 aromatic rings. The van der Waals surface area contributed by atoms with E-state index in [1.165, 1.54) is 268 Å². The molecular weight excluding hydrogens is 861 g/mol. The van der Waals surface area contributed by atoms with Gasteiger partial charge < -0.3 is 24.8 Å². The molecule has 0 fully saturated rings. The van der Waals surface area contributed by atoms with Crippen LogP contribution in [0.1, 0.15) is 349 Å². The van der Waals surface area contributed by atoms with Crippen molar-refractivity contribution in [2.24, 2.45) is 0 Å². The Hall–Kier alpha value is -1.79. The summed E-state index contributed by atoms with van der Waals surface area (Å²) >= 11 is 0. The summed E-state index contributed by atoms with van der Waals surface area (Å²) in [6.45, 7) is 15.8. The van der Waals surface area contributed by atoms with Crippen LogP contribution < -0.4 is 10.6 Å². The maximum atomic E-state index is 13.2. The highest BCUT2D eigenvalue weighted by atomic mass is 16.6. The summed E-state index contributed by atoms with van der Waals surface area (Å²) < 4.78 is 20.4. The molecule has 2 N–H and O–H groups in total.